The maximum Gasteiger partial charge on any atom is 0.345 e. The second kappa shape index (κ2) is 4.72. The van der Waals surface area contributed by atoms with Crippen LogP contribution in [0, 0.1) is 0 Å². The molecule has 0 aliphatic carbocycles. The molecule has 0 saturated heterocycles. The van der Waals surface area contributed by atoms with E-state index in [9.17, 15) is 4.79 Å². The minimum atomic E-state index is -0.860. The van der Waals surface area contributed by atoms with E-state index in [1.807, 2.05) is 18.2 Å². The SMILES string of the molecule is CC(C)c1cccc(-c2ccc(C(=O)O)s2)c1. The molecule has 1 heterocycles. The van der Waals surface area contributed by atoms with E-state index in [4.69, 9.17) is 5.11 Å². The summed E-state index contributed by atoms with van der Waals surface area (Å²) in [5, 5.41) is 8.90. The molecule has 0 aliphatic rings. The molecule has 2 nitrogen and oxygen atoms in total. The van der Waals surface area contributed by atoms with Crippen molar-refractivity contribution < 1.29 is 9.90 Å². The summed E-state index contributed by atoms with van der Waals surface area (Å²) in [4.78, 5) is 12.2. The zero-order chi connectivity index (χ0) is 12.4. The topological polar surface area (TPSA) is 37.3 Å². The maximum absolute atomic E-state index is 10.8. The van der Waals surface area contributed by atoms with Gasteiger partial charge in [0.25, 0.3) is 0 Å². The van der Waals surface area contributed by atoms with Crippen LogP contribution in [0.1, 0.15) is 35.0 Å². The highest BCUT2D eigenvalue weighted by atomic mass is 32.1. The van der Waals surface area contributed by atoms with Gasteiger partial charge >= 0.3 is 5.97 Å². The number of rotatable bonds is 3. The Kier molecular flexibility index (Phi) is 3.29. The predicted molar refractivity (Wildman–Crippen MR) is 70.8 cm³/mol. The summed E-state index contributed by atoms with van der Waals surface area (Å²) >= 11 is 1.31. The van der Waals surface area contributed by atoms with Crippen molar-refractivity contribution in [2.24, 2.45) is 0 Å². The third-order valence-corrected chi connectivity index (χ3v) is 3.78. The van der Waals surface area contributed by atoms with E-state index >= 15 is 0 Å². The summed E-state index contributed by atoms with van der Waals surface area (Å²) in [5.41, 5.74) is 2.36. The Bertz CT molecular complexity index is 541. The molecule has 0 unspecified atom stereocenters. The number of aromatic carboxylic acids is 1. The molecule has 1 aromatic carbocycles. The Labute approximate surface area is 105 Å². The van der Waals surface area contributed by atoms with E-state index in [1.165, 1.54) is 16.9 Å². The Morgan fingerprint density at radius 3 is 2.59 bits per heavy atom. The Morgan fingerprint density at radius 1 is 1.24 bits per heavy atom. The van der Waals surface area contributed by atoms with Gasteiger partial charge in [0.15, 0.2) is 0 Å². The van der Waals surface area contributed by atoms with Crippen LogP contribution in [-0.4, -0.2) is 11.1 Å². The van der Waals surface area contributed by atoms with Crippen LogP contribution < -0.4 is 0 Å². The Balaban J connectivity index is 2.38. The van der Waals surface area contributed by atoms with Gasteiger partial charge in [-0.25, -0.2) is 4.79 Å². The second-order valence-corrected chi connectivity index (χ2v) is 5.33. The third-order valence-electron chi connectivity index (χ3n) is 2.65. The van der Waals surface area contributed by atoms with Crippen LogP contribution in [0.5, 0.6) is 0 Å². The van der Waals surface area contributed by atoms with Crippen LogP contribution in [0.15, 0.2) is 36.4 Å². The molecule has 0 atom stereocenters. The molecule has 0 spiro atoms. The molecule has 17 heavy (non-hydrogen) atoms. The van der Waals surface area contributed by atoms with Crippen molar-refractivity contribution in [2.45, 2.75) is 19.8 Å². The van der Waals surface area contributed by atoms with Gasteiger partial charge in [-0.15, -0.1) is 11.3 Å². The van der Waals surface area contributed by atoms with Gasteiger partial charge in [-0.1, -0.05) is 38.1 Å². The summed E-state index contributed by atoms with van der Waals surface area (Å²) in [6, 6.07) is 11.8. The Hall–Kier alpha value is -1.61. The summed E-state index contributed by atoms with van der Waals surface area (Å²) in [6.07, 6.45) is 0. The summed E-state index contributed by atoms with van der Waals surface area (Å²) in [5.74, 6) is -0.380. The lowest BCUT2D eigenvalue weighted by molar-refractivity contribution is 0.0702. The minimum Gasteiger partial charge on any atom is -0.477 e. The highest BCUT2D eigenvalue weighted by Crippen LogP contribution is 2.30. The number of hydrogen-bond acceptors (Lipinski definition) is 2. The molecule has 0 fully saturated rings. The zero-order valence-corrected chi connectivity index (χ0v) is 10.6. The minimum absolute atomic E-state index is 0.384. The molecule has 88 valence electrons. The number of benzene rings is 1. The van der Waals surface area contributed by atoms with Crippen LogP contribution in [-0.2, 0) is 0 Å². The second-order valence-electron chi connectivity index (χ2n) is 4.25. The highest BCUT2D eigenvalue weighted by molar-refractivity contribution is 7.17. The lowest BCUT2D eigenvalue weighted by Crippen LogP contribution is -1.89. The van der Waals surface area contributed by atoms with Gasteiger partial charge in [-0.05, 0) is 29.2 Å². The molecular formula is C14H14O2S. The van der Waals surface area contributed by atoms with Crippen LogP contribution in [0.25, 0.3) is 10.4 Å². The quantitative estimate of drug-likeness (QED) is 0.879. The van der Waals surface area contributed by atoms with E-state index in [2.05, 4.69) is 26.0 Å². The zero-order valence-electron chi connectivity index (χ0n) is 9.81. The fourth-order valence-corrected chi connectivity index (χ4v) is 2.50. The normalized spacial score (nSPS) is 10.8. The van der Waals surface area contributed by atoms with Crippen molar-refractivity contribution in [3.63, 3.8) is 0 Å². The lowest BCUT2D eigenvalue weighted by Gasteiger charge is -2.06. The number of thiophene rings is 1. The first-order chi connectivity index (χ1) is 8.08. The largest absolute Gasteiger partial charge is 0.477 e. The first kappa shape index (κ1) is 11.9. The van der Waals surface area contributed by atoms with Crippen molar-refractivity contribution >= 4 is 17.3 Å². The fourth-order valence-electron chi connectivity index (χ4n) is 1.66. The molecule has 3 heteroatoms. The van der Waals surface area contributed by atoms with Crippen molar-refractivity contribution in [3.05, 3.63) is 46.8 Å². The van der Waals surface area contributed by atoms with Gasteiger partial charge in [-0.2, -0.15) is 0 Å². The standard InChI is InChI=1S/C14H14O2S/c1-9(2)10-4-3-5-11(8-10)12-6-7-13(17-12)14(15)16/h3-9H,1-2H3,(H,15,16). The lowest BCUT2D eigenvalue weighted by atomic mass is 10.0. The van der Waals surface area contributed by atoms with Gasteiger partial charge in [0.05, 0.1) is 0 Å². The monoisotopic (exact) mass is 246 g/mol. The number of carboxylic acid groups (broad SMARTS) is 1. The molecular weight excluding hydrogens is 232 g/mol. The van der Waals surface area contributed by atoms with Crippen LogP contribution in [0.4, 0.5) is 0 Å². The molecule has 0 aliphatic heterocycles. The van der Waals surface area contributed by atoms with E-state index in [0.29, 0.717) is 10.8 Å². The van der Waals surface area contributed by atoms with E-state index < -0.39 is 5.97 Å². The van der Waals surface area contributed by atoms with Gasteiger partial charge in [-0.3, -0.25) is 0 Å². The van der Waals surface area contributed by atoms with Crippen LogP contribution in [0.2, 0.25) is 0 Å². The van der Waals surface area contributed by atoms with E-state index in [-0.39, 0.29) is 0 Å². The van der Waals surface area contributed by atoms with Crippen molar-refractivity contribution in [1.29, 1.82) is 0 Å². The average Bonchev–Trinajstić information content (AvgIpc) is 2.78. The van der Waals surface area contributed by atoms with E-state index in [1.54, 1.807) is 6.07 Å². The summed E-state index contributed by atoms with van der Waals surface area (Å²) in [7, 11) is 0. The summed E-state index contributed by atoms with van der Waals surface area (Å²) in [6.45, 7) is 4.30. The first-order valence-corrected chi connectivity index (χ1v) is 6.33. The third kappa shape index (κ3) is 2.56. The fraction of sp³-hybridized carbons (Fsp3) is 0.214. The number of hydrogen-bond donors (Lipinski definition) is 1. The van der Waals surface area contributed by atoms with Crippen molar-refractivity contribution in [2.75, 3.05) is 0 Å². The van der Waals surface area contributed by atoms with Crippen LogP contribution >= 0.6 is 11.3 Å². The molecule has 2 rings (SSSR count). The predicted octanol–water partition coefficient (Wildman–Crippen LogP) is 4.24. The molecule has 1 aromatic heterocycles. The molecule has 2 aromatic rings. The van der Waals surface area contributed by atoms with Gasteiger partial charge in [0.1, 0.15) is 4.88 Å². The van der Waals surface area contributed by atoms with Gasteiger partial charge < -0.3 is 5.11 Å². The van der Waals surface area contributed by atoms with E-state index in [0.717, 1.165) is 10.4 Å². The molecule has 0 bridgehead atoms. The summed E-state index contributed by atoms with van der Waals surface area (Å²) < 4.78 is 0. The maximum atomic E-state index is 10.8. The highest BCUT2D eigenvalue weighted by Gasteiger charge is 2.09. The molecule has 1 N–H and O–H groups in total. The molecule has 0 saturated carbocycles. The van der Waals surface area contributed by atoms with Gasteiger partial charge in [0, 0.05) is 4.88 Å². The average molecular weight is 246 g/mol. The van der Waals surface area contributed by atoms with Crippen molar-refractivity contribution in [1.82, 2.24) is 0 Å². The number of carbonyl (C=O) groups is 1. The van der Waals surface area contributed by atoms with Crippen molar-refractivity contribution in [3.8, 4) is 10.4 Å². The first-order valence-electron chi connectivity index (χ1n) is 5.51. The Morgan fingerprint density at radius 2 is 2.00 bits per heavy atom. The smallest absolute Gasteiger partial charge is 0.345 e. The number of carboxylic acids is 1. The van der Waals surface area contributed by atoms with Gasteiger partial charge in [0.2, 0.25) is 0 Å². The van der Waals surface area contributed by atoms with Crippen LogP contribution in [0.3, 0.4) is 0 Å². The molecule has 0 radical (unpaired) electrons. The molecule has 0 amide bonds.